The number of rotatable bonds is 8. The smallest absolute Gasteiger partial charge is 0.330 e. The Morgan fingerprint density at radius 1 is 1.03 bits per heavy atom. The van der Waals surface area contributed by atoms with Crippen molar-refractivity contribution in [2.45, 2.75) is 12.8 Å². The van der Waals surface area contributed by atoms with Crippen molar-refractivity contribution in [3.8, 4) is 11.1 Å². The van der Waals surface area contributed by atoms with Gasteiger partial charge >= 0.3 is 5.97 Å². The van der Waals surface area contributed by atoms with Crippen molar-refractivity contribution in [3.05, 3.63) is 126 Å². The molecule has 1 N–H and O–H groups in total. The number of carbonyl (C=O) groups excluding carboxylic acids is 1. The molecule has 196 valence electrons. The molecule has 1 heterocycles. The van der Waals surface area contributed by atoms with Gasteiger partial charge in [0, 0.05) is 41.9 Å². The van der Waals surface area contributed by atoms with Crippen LogP contribution in [0.2, 0.25) is 0 Å². The molecule has 0 saturated heterocycles. The van der Waals surface area contributed by atoms with E-state index in [1.54, 1.807) is 27.9 Å². The van der Waals surface area contributed by atoms with Crippen molar-refractivity contribution in [2.24, 2.45) is 7.05 Å². The van der Waals surface area contributed by atoms with Crippen LogP contribution in [0.5, 0.6) is 0 Å². The summed E-state index contributed by atoms with van der Waals surface area (Å²) in [5.74, 6) is -0.836. The number of halogens is 1. The highest BCUT2D eigenvalue weighted by molar-refractivity contribution is 5.87. The first-order chi connectivity index (χ1) is 18.9. The topological polar surface area (TPSA) is 67.6 Å². The predicted molar refractivity (Wildman–Crippen MR) is 151 cm³/mol. The van der Waals surface area contributed by atoms with Gasteiger partial charge in [0.15, 0.2) is 6.23 Å². The van der Waals surface area contributed by atoms with Crippen molar-refractivity contribution >= 4 is 28.6 Å². The zero-order valence-electron chi connectivity index (χ0n) is 21.7. The number of aryl methyl sites for hydroxylation is 1. The van der Waals surface area contributed by atoms with Crippen molar-refractivity contribution < 1.29 is 19.0 Å². The van der Waals surface area contributed by atoms with Crippen LogP contribution in [0.4, 0.5) is 10.1 Å². The molecule has 0 aliphatic carbocycles. The lowest BCUT2D eigenvalue weighted by Gasteiger charge is -2.31. The number of fused-ring (bicyclic) bond motifs is 1. The van der Waals surface area contributed by atoms with E-state index >= 15 is 4.39 Å². The zero-order chi connectivity index (χ0) is 27.4. The van der Waals surface area contributed by atoms with E-state index in [2.05, 4.69) is 9.84 Å². The standard InChI is InChI=1S/C32H28FN3O3/c1-35-30-15-14-24(18-27(30)20-34-35)25-12-13-26(29(33)19-25)21-36(32(38)23-8-4-3-5-9-23)28-10-6-7-22(17-28)11-16-31(37)39-2/h3-20,32,38H,21H2,1-2H3/b16-11+. The van der Waals surface area contributed by atoms with E-state index in [0.29, 0.717) is 16.8 Å². The molecule has 0 aliphatic heterocycles. The largest absolute Gasteiger partial charge is 0.466 e. The van der Waals surface area contributed by atoms with E-state index < -0.39 is 12.2 Å². The van der Waals surface area contributed by atoms with Gasteiger partial charge in [0.05, 0.1) is 18.8 Å². The summed E-state index contributed by atoms with van der Waals surface area (Å²) >= 11 is 0. The summed E-state index contributed by atoms with van der Waals surface area (Å²) < 4.78 is 22.0. The number of benzene rings is 4. The summed E-state index contributed by atoms with van der Waals surface area (Å²) in [5, 5.41) is 16.6. The summed E-state index contributed by atoms with van der Waals surface area (Å²) in [6.07, 6.45) is 3.73. The molecule has 6 nitrogen and oxygen atoms in total. The van der Waals surface area contributed by atoms with Gasteiger partial charge in [-0.2, -0.15) is 5.10 Å². The average molecular weight is 522 g/mol. The van der Waals surface area contributed by atoms with Gasteiger partial charge in [-0.3, -0.25) is 4.68 Å². The minimum Gasteiger partial charge on any atom is -0.466 e. The van der Waals surface area contributed by atoms with Crippen LogP contribution in [-0.2, 0) is 23.1 Å². The number of aliphatic hydroxyl groups excluding tert-OH is 1. The molecule has 0 saturated carbocycles. The minimum atomic E-state index is -1.03. The van der Waals surface area contributed by atoms with Crippen molar-refractivity contribution in [1.82, 2.24) is 9.78 Å². The van der Waals surface area contributed by atoms with Gasteiger partial charge in [0.25, 0.3) is 0 Å². The van der Waals surface area contributed by atoms with Crippen LogP contribution >= 0.6 is 0 Å². The Hall–Kier alpha value is -4.75. The number of aliphatic hydroxyl groups is 1. The second-order valence-electron chi connectivity index (χ2n) is 9.21. The molecule has 5 aromatic rings. The molecule has 0 amide bonds. The molecular weight excluding hydrogens is 493 g/mol. The van der Waals surface area contributed by atoms with Gasteiger partial charge < -0.3 is 14.7 Å². The minimum absolute atomic E-state index is 0.119. The Bertz CT molecular complexity index is 1650. The van der Waals surface area contributed by atoms with Crippen molar-refractivity contribution in [3.63, 3.8) is 0 Å². The van der Waals surface area contributed by atoms with E-state index in [9.17, 15) is 9.90 Å². The number of ether oxygens (including phenoxy) is 1. The lowest BCUT2D eigenvalue weighted by Crippen LogP contribution is -2.28. The Balaban J connectivity index is 1.48. The molecule has 7 heteroatoms. The summed E-state index contributed by atoms with van der Waals surface area (Å²) in [7, 11) is 3.20. The second kappa shape index (κ2) is 11.3. The first-order valence-corrected chi connectivity index (χ1v) is 12.5. The van der Waals surface area contributed by atoms with Gasteiger partial charge in [-0.1, -0.05) is 60.7 Å². The van der Waals surface area contributed by atoms with Crippen molar-refractivity contribution in [2.75, 3.05) is 12.0 Å². The number of anilines is 1. The van der Waals surface area contributed by atoms with E-state index in [4.69, 9.17) is 0 Å². The Labute approximate surface area is 226 Å². The summed E-state index contributed by atoms with van der Waals surface area (Å²) in [4.78, 5) is 13.3. The van der Waals surface area contributed by atoms with Crippen LogP contribution in [0.15, 0.2) is 103 Å². The van der Waals surface area contributed by atoms with Crippen LogP contribution in [-0.4, -0.2) is 28.0 Å². The SMILES string of the molecule is COC(=O)/C=C/c1cccc(N(Cc2ccc(-c3ccc4c(cnn4C)c3)cc2F)C(O)c2ccccc2)c1. The molecule has 5 rings (SSSR count). The number of carbonyl (C=O) groups is 1. The van der Waals surface area contributed by atoms with Crippen LogP contribution in [0.25, 0.3) is 28.1 Å². The number of esters is 1. The molecule has 0 aliphatic rings. The van der Waals surface area contributed by atoms with E-state index in [1.807, 2.05) is 85.9 Å². The summed E-state index contributed by atoms with van der Waals surface area (Å²) in [5.41, 5.74) is 5.18. The lowest BCUT2D eigenvalue weighted by molar-refractivity contribution is -0.134. The molecule has 0 bridgehead atoms. The lowest BCUT2D eigenvalue weighted by atomic mass is 10.0. The molecule has 0 fully saturated rings. The molecule has 1 atom stereocenters. The third kappa shape index (κ3) is 5.73. The summed E-state index contributed by atoms with van der Waals surface area (Å²) in [6.45, 7) is 0.119. The highest BCUT2D eigenvalue weighted by Crippen LogP contribution is 2.31. The van der Waals surface area contributed by atoms with Gasteiger partial charge in [-0.15, -0.1) is 0 Å². The van der Waals surface area contributed by atoms with Crippen LogP contribution in [0.1, 0.15) is 22.9 Å². The molecular formula is C32H28FN3O3. The van der Waals surface area contributed by atoms with Gasteiger partial charge in [0.2, 0.25) is 0 Å². The number of methoxy groups -OCH3 is 1. The Morgan fingerprint density at radius 3 is 2.56 bits per heavy atom. The van der Waals surface area contributed by atoms with Crippen LogP contribution < -0.4 is 4.90 Å². The van der Waals surface area contributed by atoms with E-state index in [0.717, 1.165) is 27.6 Å². The fourth-order valence-electron chi connectivity index (χ4n) is 4.55. The monoisotopic (exact) mass is 521 g/mol. The van der Waals surface area contributed by atoms with Gasteiger partial charge in [-0.25, -0.2) is 9.18 Å². The normalized spacial score (nSPS) is 12.1. The first-order valence-electron chi connectivity index (χ1n) is 12.5. The molecule has 0 spiro atoms. The Morgan fingerprint density at radius 2 is 1.79 bits per heavy atom. The molecule has 39 heavy (non-hydrogen) atoms. The first kappa shape index (κ1) is 25.9. The van der Waals surface area contributed by atoms with Crippen LogP contribution in [0, 0.1) is 5.82 Å². The molecule has 1 aromatic heterocycles. The number of aromatic nitrogens is 2. The van der Waals surface area contributed by atoms with Crippen LogP contribution in [0.3, 0.4) is 0 Å². The fraction of sp³-hybridized carbons (Fsp3) is 0.125. The summed E-state index contributed by atoms with van der Waals surface area (Å²) in [6, 6.07) is 27.7. The third-order valence-electron chi connectivity index (χ3n) is 6.68. The molecule has 4 aromatic carbocycles. The quantitative estimate of drug-likeness (QED) is 0.148. The maximum absolute atomic E-state index is 15.5. The number of hydrogen-bond donors (Lipinski definition) is 1. The van der Waals surface area contributed by atoms with E-state index in [-0.39, 0.29) is 12.4 Å². The highest BCUT2D eigenvalue weighted by atomic mass is 19.1. The zero-order valence-corrected chi connectivity index (χ0v) is 21.7. The Kier molecular flexibility index (Phi) is 7.52. The highest BCUT2D eigenvalue weighted by Gasteiger charge is 2.21. The predicted octanol–water partition coefficient (Wildman–Crippen LogP) is 6.26. The van der Waals surface area contributed by atoms with E-state index in [1.165, 1.54) is 19.3 Å². The maximum atomic E-state index is 15.5. The van der Waals surface area contributed by atoms with Gasteiger partial charge in [-0.05, 0) is 53.1 Å². The maximum Gasteiger partial charge on any atom is 0.330 e. The number of hydrogen-bond acceptors (Lipinski definition) is 5. The third-order valence-corrected chi connectivity index (χ3v) is 6.68. The van der Waals surface area contributed by atoms with Gasteiger partial charge in [0.1, 0.15) is 5.82 Å². The average Bonchev–Trinajstić information content (AvgIpc) is 3.35. The fourth-order valence-corrected chi connectivity index (χ4v) is 4.55. The molecule has 0 radical (unpaired) electrons. The molecule has 1 unspecified atom stereocenters. The number of nitrogens with zero attached hydrogens (tertiary/aromatic N) is 3. The second-order valence-corrected chi connectivity index (χ2v) is 9.21. The van der Waals surface area contributed by atoms with Crippen molar-refractivity contribution in [1.29, 1.82) is 0 Å².